The van der Waals surface area contributed by atoms with Gasteiger partial charge in [-0.05, 0) is 69.2 Å². The number of nitrogens with zero attached hydrogens (tertiary/aromatic N) is 1. The molecule has 2 N–H and O–H groups in total. The van der Waals surface area contributed by atoms with Gasteiger partial charge in [-0.1, -0.05) is 66.7 Å². The van der Waals surface area contributed by atoms with Gasteiger partial charge in [-0.3, -0.25) is 9.78 Å². The molecule has 3 rings (SSSR count). The Hall–Kier alpha value is -3.32. The van der Waals surface area contributed by atoms with Crippen LogP contribution in [0.5, 0.6) is 0 Å². The predicted octanol–water partition coefficient (Wildman–Crippen LogP) is 5.61. The molecule has 2 aromatic carbocycles. The fourth-order valence-corrected chi connectivity index (χ4v) is 5.19. The fraction of sp³-hybridized carbons (Fsp3) is 0.387. The fourth-order valence-electron chi connectivity index (χ4n) is 3.98. The first-order valence-electron chi connectivity index (χ1n) is 13.1. The minimum atomic E-state index is -0.583. The highest BCUT2D eigenvalue weighted by Crippen LogP contribution is 2.20. The summed E-state index contributed by atoms with van der Waals surface area (Å²) in [6.07, 6.45) is 6.15. The Bertz CT molecular complexity index is 1110. The number of thioether (sulfide) groups is 1. The number of rotatable bonds is 13. The number of hydrogen-bond donors (Lipinski definition) is 2. The molecule has 0 aliphatic rings. The Morgan fingerprint density at radius 2 is 1.53 bits per heavy atom. The Labute approximate surface area is 231 Å². The Morgan fingerprint density at radius 1 is 0.895 bits per heavy atom. The summed E-state index contributed by atoms with van der Waals surface area (Å²) >= 11 is 1.57. The number of amides is 2. The van der Waals surface area contributed by atoms with E-state index in [1.54, 1.807) is 18.0 Å². The van der Waals surface area contributed by atoms with Crippen LogP contribution >= 0.6 is 11.8 Å². The third-order valence-corrected chi connectivity index (χ3v) is 7.14. The van der Waals surface area contributed by atoms with E-state index in [9.17, 15) is 9.59 Å². The van der Waals surface area contributed by atoms with Crippen molar-refractivity contribution in [2.24, 2.45) is 0 Å². The van der Waals surface area contributed by atoms with Gasteiger partial charge in [-0.2, -0.15) is 0 Å². The van der Waals surface area contributed by atoms with Crippen LogP contribution in [0.1, 0.15) is 43.9 Å². The number of ether oxygens (including phenoxy) is 1. The van der Waals surface area contributed by atoms with Crippen molar-refractivity contribution in [2.75, 3.05) is 12.3 Å². The van der Waals surface area contributed by atoms with Gasteiger partial charge in [0, 0.05) is 30.7 Å². The summed E-state index contributed by atoms with van der Waals surface area (Å²) in [5.74, 6) is 0.593. The molecule has 0 spiro atoms. The monoisotopic (exact) mass is 533 g/mol. The lowest BCUT2D eigenvalue weighted by atomic mass is 10.1. The number of benzene rings is 2. The van der Waals surface area contributed by atoms with Crippen molar-refractivity contribution in [3.63, 3.8) is 0 Å². The zero-order valence-electron chi connectivity index (χ0n) is 22.6. The van der Waals surface area contributed by atoms with Gasteiger partial charge in [0.2, 0.25) is 5.91 Å². The second-order valence-corrected chi connectivity index (χ2v) is 11.5. The van der Waals surface area contributed by atoms with Gasteiger partial charge in [0.15, 0.2) is 0 Å². The molecule has 6 nitrogen and oxygen atoms in total. The van der Waals surface area contributed by atoms with E-state index in [4.69, 9.17) is 4.74 Å². The Kier molecular flexibility index (Phi) is 11.7. The molecule has 7 heteroatoms. The Morgan fingerprint density at radius 3 is 2.13 bits per heavy atom. The van der Waals surface area contributed by atoms with Crippen molar-refractivity contribution in [1.29, 1.82) is 0 Å². The van der Waals surface area contributed by atoms with Crippen LogP contribution < -0.4 is 10.6 Å². The third-order valence-electron chi connectivity index (χ3n) is 5.76. The van der Waals surface area contributed by atoms with Crippen molar-refractivity contribution >= 4 is 23.8 Å². The molecule has 0 radical (unpaired) electrons. The van der Waals surface area contributed by atoms with Crippen LogP contribution in [0.15, 0.2) is 85.2 Å². The molecule has 202 valence electrons. The summed E-state index contributed by atoms with van der Waals surface area (Å²) in [6.45, 7) is 6.15. The van der Waals surface area contributed by atoms with Crippen molar-refractivity contribution in [1.82, 2.24) is 15.6 Å². The summed E-state index contributed by atoms with van der Waals surface area (Å²) in [5.41, 5.74) is 2.80. The lowest BCUT2D eigenvalue weighted by Crippen LogP contribution is -2.43. The summed E-state index contributed by atoms with van der Waals surface area (Å²) in [5, 5.41) is 5.87. The van der Waals surface area contributed by atoms with Gasteiger partial charge < -0.3 is 15.4 Å². The van der Waals surface area contributed by atoms with E-state index in [1.165, 1.54) is 0 Å². The van der Waals surface area contributed by atoms with Crippen molar-refractivity contribution in [3.05, 3.63) is 102 Å². The molecule has 1 aromatic heterocycles. The largest absolute Gasteiger partial charge is 0.444 e. The van der Waals surface area contributed by atoms with Crippen molar-refractivity contribution < 1.29 is 14.3 Å². The van der Waals surface area contributed by atoms with Crippen LogP contribution in [-0.2, 0) is 28.8 Å². The predicted molar refractivity (Wildman–Crippen MR) is 155 cm³/mol. The molecule has 0 aliphatic carbocycles. The first kappa shape index (κ1) is 29.2. The SMILES string of the molecule is CC(C)(C)OC(=O)N[C@H](CS[C@H](Cc1ccccc1)C(=O)NCCCc1cccnc1)Cc1ccccc1. The number of aryl methyl sites for hydroxylation is 1. The van der Waals surface area contributed by atoms with E-state index < -0.39 is 11.7 Å². The molecule has 3 aromatic rings. The first-order valence-corrected chi connectivity index (χ1v) is 14.2. The normalized spacial score (nSPS) is 12.8. The number of aromatic nitrogens is 1. The first-order chi connectivity index (χ1) is 18.3. The van der Waals surface area contributed by atoms with Crippen LogP contribution in [0.3, 0.4) is 0 Å². The third kappa shape index (κ3) is 11.4. The smallest absolute Gasteiger partial charge is 0.407 e. The molecular weight excluding hydrogens is 494 g/mol. The minimum absolute atomic E-state index is 0.0146. The zero-order chi connectivity index (χ0) is 27.2. The molecule has 0 aliphatic heterocycles. The van der Waals surface area contributed by atoms with Gasteiger partial charge in [0.05, 0.1) is 5.25 Å². The quantitative estimate of drug-likeness (QED) is 0.279. The van der Waals surface area contributed by atoms with E-state index in [0.29, 0.717) is 25.1 Å². The lowest BCUT2D eigenvalue weighted by Gasteiger charge is -2.25. The average molecular weight is 534 g/mol. The standard InChI is InChI=1S/C31H39N3O3S/c1-31(2,3)37-30(36)34-27(20-24-12-6-4-7-13-24)23-38-28(21-25-14-8-5-9-15-25)29(35)33-19-11-17-26-16-10-18-32-22-26/h4-10,12-16,18,22,27-28H,11,17,19-21,23H2,1-3H3,(H,33,35)(H,34,36)/t27-,28+/m0/s1. The minimum Gasteiger partial charge on any atom is -0.444 e. The number of pyridine rings is 1. The van der Waals surface area contributed by atoms with Gasteiger partial charge in [-0.15, -0.1) is 11.8 Å². The van der Waals surface area contributed by atoms with Crippen LogP contribution in [-0.4, -0.2) is 46.2 Å². The molecule has 0 bridgehead atoms. The summed E-state index contributed by atoms with van der Waals surface area (Å²) in [7, 11) is 0. The van der Waals surface area contributed by atoms with Crippen LogP contribution in [0.2, 0.25) is 0 Å². The summed E-state index contributed by atoms with van der Waals surface area (Å²) in [6, 6.07) is 23.9. The second-order valence-electron chi connectivity index (χ2n) is 10.3. The number of hydrogen-bond acceptors (Lipinski definition) is 5. The average Bonchev–Trinajstić information content (AvgIpc) is 2.89. The zero-order valence-corrected chi connectivity index (χ0v) is 23.4. The molecule has 0 saturated carbocycles. The summed E-state index contributed by atoms with van der Waals surface area (Å²) in [4.78, 5) is 30.0. The molecule has 2 atom stereocenters. The maximum absolute atomic E-state index is 13.3. The number of alkyl carbamates (subject to hydrolysis) is 1. The van der Waals surface area contributed by atoms with Crippen molar-refractivity contribution in [2.45, 2.75) is 63.3 Å². The number of nitrogens with one attached hydrogen (secondary N) is 2. The molecule has 0 unspecified atom stereocenters. The summed E-state index contributed by atoms with van der Waals surface area (Å²) < 4.78 is 5.51. The van der Waals surface area contributed by atoms with Gasteiger partial charge in [0.25, 0.3) is 0 Å². The van der Waals surface area contributed by atoms with E-state index in [1.807, 2.05) is 99.8 Å². The second kappa shape index (κ2) is 15.2. The van der Waals surface area contributed by atoms with Crippen LogP contribution in [0.25, 0.3) is 0 Å². The number of carbonyl (C=O) groups is 2. The van der Waals surface area contributed by atoms with Gasteiger partial charge >= 0.3 is 6.09 Å². The van der Waals surface area contributed by atoms with E-state index in [2.05, 4.69) is 15.6 Å². The highest BCUT2D eigenvalue weighted by atomic mass is 32.2. The molecule has 0 fully saturated rings. The number of carbonyl (C=O) groups excluding carboxylic acids is 2. The molecule has 2 amide bonds. The highest BCUT2D eigenvalue weighted by Gasteiger charge is 2.24. The molecule has 0 saturated heterocycles. The van der Waals surface area contributed by atoms with Crippen molar-refractivity contribution in [3.8, 4) is 0 Å². The maximum Gasteiger partial charge on any atom is 0.407 e. The van der Waals surface area contributed by atoms with Gasteiger partial charge in [-0.25, -0.2) is 4.79 Å². The molecule has 38 heavy (non-hydrogen) atoms. The highest BCUT2D eigenvalue weighted by molar-refractivity contribution is 8.00. The maximum atomic E-state index is 13.3. The van der Waals surface area contributed by atoms with Crippen LogP contribution in [0.4, 0.5) is 4.79 Å². The van der Waals surface area contributed by atoms with E-state index in [-0.39, 0.29) is 17.2 Å². The van der Waals surface area contributed by atoms with Gasteiger partial charge in [0.1, 0.15) is 5.60 Å². The molecular formula is C31H39N3O3S. The van der Waals surface area contributed by atoms with E-state index in [0.717, 1.165) is 29.5 Å². The lowest BCUT2D eigenvalue weighted by molar-refractivity contribution is -0.120. The topological polar surface area (TPSA) is 80.3 Å². The van der Waals surface area contributed by atoms with Crippen LogP contribution in [0, 0.1) is 0 Å². The van der Waals surface area contributed by atoms with E-state index >= 15 is 0 Å². The Balaban J connectivity index is 1.63. The molecule has 1 heterocycles.